The maximum Gasteiger partial charge on any atom is 0.169 e. The topological polar surface area (TPSA) is 51.0 Å². The summed E-state index contributed by atoms with van der Waals surface area (Å²) in [5.41, 5.74) is 0.694. The first kappa shape index (κ1) is 12.4. The summed E-state index contributed by atoms with van der Waals surface area (Å²) < 4.78 is 10.8. The van der Waals surface area contributed by atoms with Crippen LogP contribution in [0.3, 0.4) is 0 Å². The Hall–Kier alpha value is -1.71. The molecule has 0 fully saturated rings. The summed E-state index contributed by atoms with van der Waals surface area (Å²) in [6.07, 6.45) is 3.41. The molecule has 0 aliphatic rings. The normalized spacial score (nSPS) is 10.6. The fourth-order valence-electron chi connectivity index (χ4n) is 1.36. The lowest BCUT2D eigenvalue weighted by atomic mass is 10.2. The standard InChI is InChI=1S/C12H17NO3/c1-3-4-8-16-11-7-5-6-10(9-13-14)12(11)15-2/h5-7,9,14H,3-4,8H2,1-2H3/b13-9+. The lowest BCUT2D eigenvalue weighted by molar-refractivity contribution is 0.288. The van der Waals surface area contributed by atoms with Gasteiger partial charge in [0, 0.05) is 5.56 Å². The van der Waals surface area contributed by atoms with Crippen LogP contribution in [0, 0.1) is 0 Å². The van der Waals surface area contributed by atoms with Gasteiger partial charge in [-0.05, 0) is 18.6 Å². The molecule has 1 N–H and O–H groups in total. The van der Waals surface area contributed by atoms with Crippen molar-refractivity contribution in [3.05, 3.63) is 23.8 Å². The van der Waals surface area contributed by atoms with Crippen LogP contribution in [0.25, 0.3) is 0 Å². The molecule has 0 radical (unpaired) electrons. The number of hydrogen-bond donors (Lipinski definition) is 1. The zero-order chi connectivity index (χ0) is 11.8. The summed E-state index contributed by atoms with van der Waals surface area (Å²) in [5.74, 6) is 1.27. The Bertz CT molecular complexity index is 350. The van der Waals surface area contributed by atoms with Gasteiger partial charge in [0.25, 0.3) is 0 Å². The van der Waals surface area contributed by atoms with Crippen LogP contribution in [-0.2, 0) is 0 Å². The van der Waals surface area contributed by atoms with Gasteiger partial charge in [0.05, 0.1) is 19.9 Å². The molecule has 0 aliphatic heterocycles. The van der Waals surface area contributed by atoms with Crippen LogP contribution in [-0.4, -0.2) is 25.1 Å². The van der Waals surface area contributed by atoms with Gasteiger partial charge in [-0.3, -0.25) is 0 Å². The third-order valence-electron chi connectivity index (χ3n) is 2.17. The van der Waals surface area contributed by atoms with Crippen LogP contribution in [0.2, 0.25) is 0 Å². The highest BCUT2D eigenvalue weighted by Gasteiger charge is 2.08. The zero-order valence-electron chi connectivity index (χ0n) is 9.64. The largest absolute Gasteiger partial charge is 0.492 e. The number of hydrogen-bond acceptors (Lipinski definition) is 4. The Morgan fingerprint density at radius 2 is 2.25 bits per heavy atom. The highest BCUT2D eigenvalue weighted by Crippen LogP contribution is 2.30. The fourth-order valence-corrected chi connectivity index (χ4v) is 1.36. The SMILES string of the molecule is CCCCOc1cccc(/C=N/O)c1OC. The Labute approximate surface area is 95.5 Å². The Kier molecular flexibility index (Phi) is 5.19. The van der Waals surface area contributed by atoms with E-state index in [1.165, 1.54) is 6.21 Å². The molecule has 88 valence electrons. The molecule has 0 aromatic heterocycles. The van der Waals surface area contributed by atoms with Crippen LogP contribution in [0.4, 0.5) is 0 Å². The highest BCUT2D eigenvalue weighted by molar-refractivity contribution is 5.84. The van der Waals surface area contributed by atoms with Gasteiger partial charge in [0.15, 0.2) is 11.5 Å². The van der Waals surface area contributed by atoms with Crippen molar-refractivity contribution in [1.82, 2.24) is 0 Å². The summed E-state index contributed by atoms with van der Waals surface area (Å²) in [6, 6.07) is 5.47. The highest BCUT2D eigenvalue weighted by atomic mass is 16.5. The van der Waals surface area contributed by atoms with Crippen molar-refractivity contribution in [3.8, 4) is 11.5 Å². The first-order valence-electron chi connectivity index (χ1n) is 5.30. The van der Waals surface area contributed by atoms with Gasteiger partial charge in [-0.25, -0.2) is 0 Å². The molecule has 0 aliphatic carbocycles. The van der Waals surface area contributed by atoms with Crippen LogP contribution < -0.4 is 9.47 Å². The minimum Gasteiger partial charge on any atom is -0.492 e. The summed E-state index contributed by atoms with van der Waals surface area (Å²) in [7, 11) is 1.57. The average Bonchev–Trinajstić information content (AvgIpc) is 2.30. The molecule has 0 saturated carbocycles. The number of ether oxygens (including phenoxy) is 2. The number of benzene rings is 1. The van der Waals surface area contributed by atoms with Gasteiger partial charge < -0.3 is 14.7 Å². The molecule has 0 saturated heterocycles. The van der Waals surface area contributed by atoms with Crippen LogP contribution in [0.1, 0.15) is 25.3 Å². The molecule has 0 bridgehead atoms. The van der Waals surface area contributed by atoms with Gasteiger partial charge in [-0.15, -0.1) is 0 Å². The van der Waals surface area contributed by atoms with E-state index in [0.717, 1.165) is 12.8 Å². The van der Waals surface area contributed by atoms with E-state index < -0.39 is 0 Å². The lowest BCUT2D eigenvalue weighted by Crippen LogP contribution is -2.00. The predicted molar refractivity (Wildman–Crippen MR) is 62.8 cm³/mol. The number of oxime groups is 1. The van der Waals surface area contributed by atoms with Gasteiger partial charge in [-0.2, -0.15) is 0 Å². The van der Waals surface area contributed by atoms with Gasteiger partial charge >= 0.3 is 0 Å². The van der Waals surface area contributed by atoms with E-state index in [0.29, 0.717) is 23.7 Å². The van der Waals surface area contributed by atoms with Gasteiger partial charge in [-0.1, -0.05) is 24.6 Å². The van der Waals surface area contributed by atoms with Crippen molar-refractivity contribution < 1.29 is 14.7 Å². The molecular weight excluding hydrogens is 206 g/mol. The van der Waals surface area contributed by atoms with Crippen molar-refractivity contribution in [1.29, 1.82) is 0 Å². The van der Waals surface area contributed by atoms with Crippen molar-refractivity contribution in [2.45, 2.75) is 19.8 Å². The summed E-state index contributed by atoms with van der Waals surface area (Å²) in [4.78, 5) is 0. The van der Waals surface area contributed by atoms with Crippen LogP contribution in [0.15, 0.2) is 23.4 Å². The second-order valence-electron chi connectivity index (χ2n) is 3.33. The van der Waals surface area contributed by atoms with E-state index in [-0.39, 0.29) is 0 Å². The molecular formula is C12H17NO3. The number of methoxy groups -OCH3 is 1. The monoisotopic (exact) mass is 223 g/mol. The smallest absolute Gasteiger partial charge is 0.169 e. The summed E-state index contributed by atoms with van der Waals surface area (Å²) in [5, 5.41) is 11.5. The first-order valence-corrected chi connectivity index (χ1v) is 5.30. The summed E-state index contributed by atoms with van der Waals surface area (Å²) >= 11 is 0. The Morgan fingerprint density at radius 1 is 1.44 bits per heavy atom. The molecule has 4 heteroatoms. The Morgan fingerprint density at radius 3 is 2.88 bits per heavy atom. The second-order valence-corrected chi connectivity index (χ2v) is 3.33. The van der Waals surface area contributed by atoms with Crippen molar-refractivity contribution in [2.75, 3.05) is 13.7 Å². The molecule has 16 heavy (non-hydrogen) atoms. The van der Waals surface area contributed by atoms with E-state index in [4.69, 9.17) is 14.7 Å². The first-order chi connectivity index (χ1) is 7.83. The predicted octanol–water partition coefficient (Wildman–Crippen LogP) is 2.68. The Balaban J connectivity index is 2.86. The van der Waals surface area contributed by atoms with Crippen molar-refractivity contribution in [3.63, 3.8) is 0 Å². The van der Waals surface area contributed by atoms with E-state index in [2.05, 4.69) is 12.1 Å². The maximum atomic E-state index is 8.52. The molecule has 0 heterocycles. The number of unbranched alkanes of at least 4 members (excludes halogenated alkanes) is 1. The molecule has 1 rings (SSSR count). The summed E-state index contributed by atoms with van der Waals surface area (Å²) in [6.45, 7) is 2.77. The lowest BCUT2D eigenvalue weighted by Gasteiger charge is -2.11. The minimum absolute atomic E-state index is 0.594. The third kappa shape index (κ3) is 3.15. The molecule has 4 nitrogen and oxygen atoms in total. The van der Waals surface area contributed by atoms with E-state index in [9.17, 15) is 0 Å². The molecule has 0 amide bonds. The van der Waals surface area contributed by atoms with E-state index >= 15 is 0 Å². The van der Waals surface area contributed by atoms with Crippen LogP contribution in [0.5, 0.6) is 11.5 Å². The van der Waals surface area contributed by atoms with Crippen molar-refractivity contribution in [2.24, 2.45) is 5.16 Å². The maximum absolute atomic E-state index is 8.52. The van der Waals surface area contributed by atoms with Crippen molar-refractivity contribution >= 4 is 6.21 Å². The molecule has 0 atom stereocenters. The average molecular weight is 223 g/mol. The molecule has 0 spiro atoms. The van der Waals surface area contributed by atoms with Crippen LogP contribution >= 0.6 is 0 Å². The fraction of sp³-hybridized carbons (Fsp3) is 0.417. The third-order valence-corrected chi connectivity index (χ3v) is 2.17. The molecule has 0 unspecified atom stereocenters. The number of rotatable bonds is 6. The van der Waals surface area contributed by atoms with Gasteiger partial charge in [0.1, 0.15) is 0 Å². The molecule has 1 aromatic rings. The zero-order valence-corrected chi connectivity index (χ0v) is 9.64. The van der Waals surface area contributed by atoms with E-state index in [1.54, 1.807) is 13.2 Å². The van der Waals surface area contributed by atoms with E-state index in [1.807, 2.05) is 12.1 Å². The second kappa shape index (κ2) is 6.71. The molecule has 1 aromatic carbocycles. The number of para-hydroxylation sites is 1. The number of nitrogens with zero attached hydrogens (tertiary/aromatic N) is 1. The quantitative estimate of drug-likeness (QED) is 0.349. The van der Waals surface area contributed by atoms with Gasteiger partial charge in [0.2, 0.25) is 0 Å². The minimum atomic E-state index is 0.594.